The quantitative estimate of drug-likeness (QED) is 0.340. The number of amides is 1. The van der Waals surface area contributed by atoms with Crippen molar-refractivity contribution in [1.29, 1.82) is 0 Å². The lowest BCUT2D eigenvalue weighted by Crippen LogP contribution is -2.41. The van der Waals surface area contributed by atoms with Crippen LogP contribution in [0, 0.1) is 0 Å². The normalized spacial score (nSPS) is 15.4. The largest absolute Gasteiger partial charge is 0.376 e. The van der Waals surface area contributed by atoms with E-state index in [1.807, 2.05) is 27.7 Å². The number of ether oxygens (including phenoxy) is 1. The third kappa shape index (κ3) is 10.7. The van der Waals surface area contributed by atoms with Gasteiger partial charge in [0.1, 0.15) is 0 Å². The third-order valence-corrected chi connectivity index (χ3v) is 2.77. The van der Waals surface area contributed by atoms with Gasteiger partial charge >= 0.3 is 0 Å². The first-order valence-electron chi connectivity index (χ1n) is 5.85. The van der Waals surface area contributed by atoms with Crippen LogP contribution in [0.5, 0.6) is 0 Å². The van der Waals surface area contributed by atoms with Crippen molar-refractivity contribution in [3.8, 4) is 0 Å². The summed E-state index contributed by atoms with van der Waals surface area (Å²) in [6.07, 6.45) is 3.21. The Labute approximate surface area is 123 Å². The van der Waals surface area contributed by atoms with E-state index in [2.05, 4.69) is 27.9 Å². The molecule has 0 bridgehead atoms. The number of allylic oxidation sites excluding steroid dienone is 1. The van der Waals surface area contributed by atoms with Crippen LogP contribution in [0.15, 0.2) is 12.2 Å². The molecule has 0 saturated heterocycles. The fourth-order valence-electron chi connectivity index (χ4n) is 1.10. The maximum Gasteiger partial charge on any atom is 0.245 e. The van der Waals surface area contributed by atoms with Crippen LogP contribution in [0.25, 0.3) is 0 Å². The maximum absolute atomic E-state index is 11.5. The van der Waals surface area contributed by atoms with Crippen molar-refractivity contribution in [2.75, 3.05) is 6.61 Å². The molecule has 0 aromatic heterocycles. The molecule has 0 aliphatic carbocycles. The third-order valence-electron chi connectivity index (χ3n) is 1.96. The molecule has 104 valence electrons. The zero-order chi connectivity index (χ0) is 14.4. The van der Waals surface area contributed by atoms with Gasteiger partial charge in [0.05, 0.1) is 15.8 Å². The molecule has 0 aromatic rings. The summed E-state index contributed by atoms with van der Waals surface area (Å²) in [7, 11) is 0. The van der Waals surface area contributed by atoms with Crippen LogP contribution in [-0.2, 0) is 14.3 Å². The van der Waals surface area contributed by atoms with E-state index in [4.69, 9.17) is 4.74 Å². The van der Waals surface area contributed by atoms with Crippen molar-refractivity contribution in [3.63, 3.8) is 0 Å². The maximum atomic E-state index is 11.5. The first-order chi connectivity index (χ1) is 8.02. The van der Waals surface area contributed by atoms with Crippen molar-refractivity contribution < 1.29 is 14.3 Å². The van der Waals surface area contributed by atoms with Gasteiger partial charge in [0.15, 0.2) is 5.78 Å². The lowest BCUT2D eigenvalue weighted by molar-refractivity contribution is -0.118. The monoisotopic (exact) mass is 367 g/mol. The van der Waals surface area contributed by atoms with Crippen LogP contribution in [0.1, 0.15) is 41.0 Å². The highest BCUT2D eigenvalue weighted by Gasteiger charge is 2.22. The number of ketones is 1. The first-order valence-corrected chi connectivity index (χ1v) is 6.93. The fraction of sp³-hybridized carbons (Fsp3) is 0.692. The molecule has 0 aromatic carbocycles. The Hall–Kier alpha value is -0.430. The van der Waals surface area contributed by atoms with Gasteiger partial charge in [-0.1, -0.05) is 22.6 Å². The van der Waals surface area contributed by atoms with Crippen molar-refractivity contribution in [3.05, 3.63) is 12.2 Å². The molecule has 5 heteroatoms. The zero-order valence-corrected chi connectivity index (χ0v) is 13.8. The zero-order valence-electron chi connectivity index (χ0n) is 11.7. The Bertz CT molecular complexity index is 330. The molecule has 0 aliphatic heterocycles. The number of rotatable bonds is 6. The molecule has 1 atom stereocenters. The van der Waals surface area contributed by atoms with Crippen LogP contribution in [0.4, 0.5) is 0 Å². The Kier molecular flexibility index (Phi) is 7.06. The minimum absolute atomic E-state index is 0.142. The second-order valence-corrected chi connectivity index (χ2v) is 7.72. The van der Waals surface area contributed by atoms with Gasteiger partial charge in [-0.05, 0) is 40.7 Å². The van der Waals surface area contributed by atoms with Gasteiger partial charge in [0.25, 0.3) is 0 Å². The molecule has 0 fully saturated rings. The molecule has 4 nitrogen and oxygen atoms in total. The van der Waals surface area contributed by atoms with Crippen LogP contribution >= 0.6 is 22.6 Å². The molecule has 0 radical (unpaired) electrons. The molecule has 1 N–H and O–H groups in total. The summed E-state index contributed by atoms with van der Waals surface area (Å²) < 4.78 is 5.23. The minimum Gasteiger partial charge on any atom is -0.376 e. The highest BCUT2D eigenvalue weighted by Crippen LogP contribution is 2.20. The van der Waals surface area contributed by atoms with Gasteiger partial charge in [0, 0.05) is 12.5 Å². The average molecular weight is 367 g/mol. The Balaban J connectivity index is 4.14. The van der Waals surface area contributed by atoms with Gasteiger partial charge in [-0.2, -0.15) is 0 Å². The number of hydrogen-bond acceptors (Lipinski definition) is 3. The molecular formula is C13H22INO3. The summed E-state index contributed by atoms with van der Waals surface area (Å²) in [5.74, 6) is -0.408. The van der Waals surface area contributed by atoms with Gasteiger partial charge in [-0.25, -0.2) is 0 Å². The number of nitrogens with one attached hydrogen (secondary N) is 1. The average Bonchev–Trinajstić information content (AvgIpc) is 2.11. The summed E-state index contributed by atoms with van der Waals surface area (Å²) in [4.78, 5) is 22.2. The highest BCUT2D eigenvalue weighted by atomic mass is 127. The topological polar surface area (TPSA) is 55.4 Å². The van der Waals surface area contributed by atoms with Crippen molar-refractivity contribution in [2.24, 2.45) is 0 Å². The molecule has 0 heterocycles. The van der Waals surface area contributed by atoms with Crippen LogP contribution < -0.4 is 5.32 Å². The van der Waals surface area contributed by atoms with Crippen molar-refractivity contribution in [2.45, 2.75) is 50.2 Å². The molecule has 1 unspecified atom stereocenters. The Morgan fingerprint density at radius 2 is 1.78 bits per heavy atom. The van der Waals surface area contributed by atoms with Gasteiger partial charge in [0.2, 0.25) is 5.91 Å². The van der Waals surface area contributed by atoms with E-state index in [-0.39, 0.29) is 20.8 Å². The minimum atomic E-state index is -0.388. The smallest absolute Gasteiger partial charge is 0.245 e. The van der Waals surface area contributed by atoms with Gasteiger partial charge < -0.3 is 10.1 Å². The van der Waals surface area contributed by atoms with Crippen LogP contribution in [0.3, 0.4) is 0 Å². The van der Waals surface area contributed by atoms with E-state index < -0.39 is 0 Å². The second-order valence-electron chi connectivity index (χ2n) is 5.34. The van der Waals surface area contributed by atoms with E-state index in [9.17, 15) is 9.59 Å². The summed E-state index contributed by atoms with van der Waals surface area (Å²) >= 11 is 2.17. The Morgan fingerprint density at radius 1 is 1.22 bits per heavy atom. The lowest BCUT2D eigenvalue weighted by Gasteiger charge is -2.26. The number of alkyl halides is 1. The molecule has 0 aliphatic rings. The molecule has 0 rings (SSSR count). The lowest BCUT2D eigenvalue weighted by atomic mass is 10.2. The first kappa shape index (κ1) is 17.6. The van der Waals surface area contributed by atoms with Crippen molar-refractivity contribution in [1.82, 2.24) is 5.32 Å². The predicted octanol–water partition coefficient (Wildman–Crippen LogP) is 2.60. The van der Waals surface area contributed by atoms with E-state index in [0.717, 1.165) is 0 Å². The number of hydrogen-bond donors (Lipinski definition) is 1. The number of carbonyl (C=O) groups excluding carboxylic acids is 2. The Morgan fingerprint density at radius 3 is 2.22 bits per heavy atom. The second kappa shape index (κ2) is 7.23. The standard InChI is InChI=1S/C13H22INO3/c1-10(16)6-7-11(17)15-13(5,14)8-9-18-12(2,3)4/h6-7H,8-9H2,1-5H3,(H,15,17)/b7-6+. The highest BCUT2D eigenvalue weighted by molar-refractivity contribution is 14.1. The molecular weight excluding hydrogens is 345 g/mol. The molecule has 0 spiro atoms. The van der Waals surface area contributed by atoms with Gasteiger partial charge in [-0.3, -0.25) is 9.59 Å². The molecule has 0 saturated carbocycles. The summed E-state index contributed by atoms with van der Waals surface area (Å²) in [5.41, 5.74) is -0.175. The summed E-state index contributed by atoms with van der Waals surface area (Å²) in [6.45, 7) is 9.87. The van der Waals surface area contributed by atoms with Gasteiger partial charge in [-0.15, -0.1) is 0 Å². The summed E-state index contributed by atoms with van der Waals surface area (Å²) in [6, 6.07) is 0. The van der Waals surface area contributed by atoms with Crippen LogP contribution in [0.2, 0.25) is 0 Å². The van der Waals surface area contributed by atoms with E-state index >= 15 is 0 Å². The van der Waals surface area contributed by atoms with E-state index in [1.54, 1.807) is 0 Å². The number of halogens is 1. The molecule has 1 amide bonds. The van der Waals surface area contributed by atoms with Crippen LogP contribution in [-0.4, -0.2) is 27.4 Å². The van der Waals surface area contributed by atoms with Crippen molar-refractivity contribution >= 4 is 34.3 Å². The fourth-order valence-corrected chi connectivity index (χ4v) is 1.59. The predicted molar refractivity (Wildman–Crippen MR) is 80.7 cm³/mol. The summed E-state index contributed by atoms with van der Waals surface area (Å²) in [5, 5.41) is 2.83. The van der Waals surface area contributed by atoms with E-state index in [1.165, 1.54) is 19.1 Å². The van der Waals surface area contributed by atoms with E-state index in [0.29, 0.717) is 13.0 Å². The SMILES string of the molecule is CC(=O)/C=C/C(=O)NC(C)(I)CCOC(C)(C)C. The molecule has 18 heavy (non-hydrogen) atoms. The number of carbonyl (C=O) groups is 2.